The number of nitrogens with zero attached hydrogens (tertiary/aromatic N) is 1. The van der Waals surface area contributed by atoms with Crippen molar-refractivity contribution in [2.45, 2.75) is 6.04 Å². The van der Waals surface area contributed by atoms with E-state index in [1.54, 1.807) is 42.6 Å². The van der Waals surface area contributed by atoms with Gasteiger partial charge < -0.3 is 21.1 Å². The Balaban J connectivity index is 1.90. The average Bonchev–Trinajstić information content (AvgIpc) is 2.55. The van der Waals surface area contributed by atoms with E-state index < -0.39 is 12.0 Å². The molecular weight excluding hydrogens is 324 g/mol. The fraction of sp³-hybridized carbons (Fsp3) is 0.118. The van der Waals surface area contributed by atoms with Crippen LogP contribution in [0.1, 0.15) is 11.6 Å². The quantitative estimate of drug-likeness (QED) is 0.640. The van der Waals surface area contributed by atoms with Gasteiger partial charge in [-0.2, -0.15) is 0 Å². The first kappa shape index (κ1) is 15.9. The first-order chi connectivity index (χ1) is 11.5. The molecule has 2 heterocycles. The normalized spacial score (nSPS) is 20.0. The van der Waals surface area contributed by atoms with Crippen molar-refractivity contribution >= 4 is 29.1 Å². The van der Waals surface area contributed by atoms with E-state index in [9.17, 15) is 9.90 Å². The molecule has 2 atom stereocenters. The summed E-state index contributed by atoms with van der Waals surface area (Å²) >= 11 is 5.17. The monoisotopic (exact) mass is 340 g/mol. The molecule has 7 heteroatoms. The van der Waals surface area contributed by atoms with E-state index in [1.165, 1.54) is 0 Å². The molecule has 0 spiro atoms. The highest BCUT2D eigenvalue weighted by atomic mass is 32.1. The van der Waals surface area contributed by atoms with Crippen LogP contribution in [0.3, 0.4) is 0 Å². The zero-order chi connectivity index (χ0) is 17.1. The number of rotatable bonds is 3. The van der Waals surface area contributed by atoms with Crippen LogP contribution < -0.4 is 16.0 Å². The summed E-state index contributed by atoms with van der Waals surface area (Å²) in [4.78, 5) is 16.9. The Kier molecular flexibility index (Phi) is 4.43. The second-order valence-electron chi connectivity index (χ2n) is 5.38. The van der Waals surface area contributed by atoms with Crippen LogP contribution in [0.2, 0.25) is 0 Å². The molecule has 0 bridgehead atoms. The van der Waals surface area contributed by atoms with Crippen LogP contribution >= 0.6 is 12.2 Å². The predicted molar refractivity (Wildman–Crippen MR) is 95.2 cm³/mol. The first-order valence-corrected chi connectivity index (χ1v) is 7.72. The molecule has 0 saturated carbocycles. The molecule has 3 rings (SSSR count). The van der Waals surface area contributed by atoms with Gasteiger partial charge in [-0.3, -0.25) is 4.79 Å². The molecule has 2 aromatic rings. The average molecular weight is 340 g/mol. The Morgan fingerprint density at radius 1 is 1.29 bits per heavy atom. The minimum Gasteiger partial charge on any atom is -0.508 e. The summed E-state index contributed by atoms with van der Waals surface area (Å²) in [6.07, 6.45) is 1.60. The van der Waals surface area contributed by atoms with Gasteiger partial charge >= 0.3 is 0 Å². The number of nitrogens with one attached hydrogen (secondary N) is 3. The van der Waals surface area contributed by atoms with E-state index in [4.69, 9.17) is 12.2 Å². The standard InChI is InChI=1S/C17H16N4O2S/c1-10-14(16(23)20-13-7-2-3-8-18-13)15(21-17(24)19-10)11-5-4-6-12(22)9-11/h2-9,14-15,22H,1H2,(H,18,20,23)(H2,19,21,24). The molecule has 2 unspecified atom stereocenters. The lowest BCUT2D eigenvalue weighted by atomic mass is 9.88. The lowest BCUT2D eigenvalue weighted by Gasteiger charge is -2.35. The Morgan fingerprint density at radius 3 is 2.83 bits per heavy atom. The van der Waals surface area contributed by atoms with Gasteiger partial charge in [0.1, 0.15) is 17.5 Å². The number of carbonyl (C=O) groups excluding carboxylic acids is 1. The highest BCUT2D eigenvalue weighted by Gasteiger charge is 2.36. The van der Waals surface area contributed by atoms with E-state index >= 15 is 0 Å². The molecule has 24 heavy (non-hydrogen) atoms. The van der Waals surface area contributed by atoms with Gasteiger partial charge in [0.25, 0.3) is 0 Å². The van der Waals surface area contributed by atoms with Crippen LogP contribution in [-0.4, -0.2) is 21.1 Å². The Bertz CT molecular complexity index is 794. The van der Waals surface area contributed by atoms with Crippen molar-refractivity contribution < 1.29 is 9.90 Å². The Labute approximate surface area is 144 Å². The van der Waals surface area contributed by atoms with Crippen LogP contribution in [0.15, 0.2) is 60.9 Å². The van der Waals surface area contributed by atoms with Crippen molar-refractivity contribution in [3.05, 3.63) is 66.5 Å². The Hall–Kier alpha value is -2.93. The Morgan fingerprint density at radius 2 is 2.12 bits per heavy atom. The molecule has 1 aliphatic rings. The van der Waals surface area contributed by atoms with Crippen molar-refractivity contribution in [1.29, 1.82) is 0 Å². The van der Waals surface area contributed by atoms with Crippen molar-refractivity contribution in [2.75, 3.05) is 5.32 Å². The molecule has 0 radical (unpaired) electrons. The van der Waals surface area contributed by atoms with Gasteiger partial charge in [0.2, 0.25) is 5.91 Å². The number of hydrogen-bond acceptors (Lipinski definition) is 4. The van der Waals surface area contributed by atoms with Gasteiger partial charge in [-0.25, -0.2) is 4.98 Å². The maximum atomic E-state index is 12.8. The number of phenols is 1. The minimum absolute atomic E-state index is 0.119. The van der Waals surface area contributed by atoms with E-state index in [1.807, 2.05) is 6.07 Å². The second kappa shape index (κ2) is 6.67. The summed E-state index contributed by atoms with van der Waals surface area (Å²) < 4.78 is 0. The van der Waals surface area contributed by atoms with Gasteiger partial charge in [0.15, 0.2) is 5.11 Å². The number of hydrogen-bond donors (Lipinski definition) is 4. The third-order valence-corrected chi connectivity index (χ3v) is 3.92. The number of pyridine rings is 1. The molecule has 1 amide bonds. The molecule has 0 aliphatic carbocycles. The number of phenolic OH excluding ortho intramolecular Hbond substituents is 1. The number of amides is 1. The van der Waals surface area contributed by atoms with Crippen LogP contribution in [0, 0.1) is 5.92 Å². The van der Waals surface area contributed by atoms with Crippen LogP contribution in [0.5, 0.6) is 5.75 Å². The number of thiocarbonyl (C=S) groups is 1. The van der Waals surface area contributed by atoms with Crippen molar-refractivity contribution in [3.63, 3.8) is 0 Å². The minimum atomic E-state index is -0.625. The van der Waals surface area contributed by atoms with Gasteiger partial charge in [0, 0.05) is 11.9 Å². The second-order valence-corrected chi connectivity index (χ2v) is 5.79. The molecule has 1 aliphatic heterocycles. The molecule has 1 fully saturated rings. The van der Waals surface area contributed by atoms with Crippen molar-refractivity contribution in [3.8, 4) is 5.75 Å². The smallest absolute Gasteiger partial charge is 0.237 e. The number of carbonyl (C=O) groups is 1. The van der Waals surface area contributed by atoms with E-state index in [0.717, 1.165) is 5.56 Å². The molecule has 4 N–H and O–H groups in total. The van der Waals surface area contributed by atoms with Gasteiger partial charge in [-0.1, -0.05) is 24.8 Å². The first-order valence-electron chi connectivity index (χ1n) is 7.32. The van der Waals surface area contributed by atoms with Crippen molar-refractivity contribution in [1.82, 2.24) is 15.6 Å². The van der Waals surface area contributed by atoms with E-state index in [0.29, 0.717) is 16.6 Å². The fourth-order valence-electron chi connectivity index (χ4n) is 2.63. The third-order valence-electron chi connectivity index (χ3n) is 3.70. The van der Waals surface area contributed by atoms with E-state index in [-0.39, 0.29) is 11.7 Å². The number of anilines is 1. The summed E-state index contributed by atoms with van der Waals surface area (Å²) in [5.41, 5.74) is 1.22. The third kappa shape index (κ3) is 3.36. The van der Waals surface area contributed by atoms with Crippen LogP contribution in [0.25, 0.3) is 0 Å². The zero-order valence-electron chi connectivity index (χ0n) is 12.7. The maximum absolute atomic E-state index is 12.8. The highest BCUT2D eigenvalue weighted by Crippen LogP contribution is 2.31. The van der Waals surface area contributed by atoms with E-state index in [2.05, 4.69) is 27.5 Å². The number of aromatic hydroxyl groups is 1. The van der Waals surface area contributed by atoms with Crippen LogP contribution in [-0.2, 0) is 4.79 Å². The largest absolute Gasteiger partial charge is 0.508 e. The number of aromatic nitrogens is 1. The highest BCUT2D eigenvalue weighted by molar-refractivity contribution is 7.80. The fourth-order valence-corrected chi connectivity index (χ4v) is 2.89. The summed E-state index contributed by atoms with van der Waals surface area (Å²) in [5.74, 6) is -0.318. The molecule has 1 aromatic carbocycles. The molecule has 1 aromatic heterocycles. The topological polar surface area (TPSA) is 86.3 Å². The molecule has 122 valence electrons. The summed E-state index contributed by atoms with van der Waals surface area (Å²) in [6, 6.07) is 11.5. The SMILES string of the molecule is C=C1NC(=S)NC(c2cccc(O)c2)C1C(=O)Nc1ccccn1. The summed E-state index contributed by atoms with van der Waals surface area (Å²) in [5, 5.41) is 18.9. The van der Waals surface area contributed by atoms with Gasteiger partial charge in [-0.15, -0.1) is 0 Å². The maximum Gasteiger partial charge on any atom is 0.237 e. The molecular formula is C17H16N4O2S. The van der Waals surface area contributed by atoms with Crippen molar-refractivity contribution in [2.24, 2.45) is 5.92 Å². The summed E-state index contributed by atoms with van der Waals surface area (Å²) in [7, 11) is 0. The van der Waals surface area contributed by atoms with Crippen LogP contribution in [0.4, 0.5) is 5.82 Å². The van der Waals surface area contributed by atoms with Gasteiger partial charge in [0.05, 0.1) is 6.04 Å². The van der Waals surface area contributed by atoms with Gasteiger partial charge in [-0.05, 0) is 42.0 Å². The summed E-state index contributed by atoms with van der Waals surface area (Å²) in [6.45, 7) is 3.92. The predicted octanol–water partition coefficient (Wildman–Crippen LogP) is 2.07. The zero-order valence-corrected chi connectivity index (χ0v) is 13.5. The lowest BCUT2D eigenvalue weighted by Crippen LogP contribution is -2.51. The lowest BCUT2D eigenvalue weighted by molar-refractivity contribution is -0.119. The molecule has 6 nitrogen and oxygen atoms in total. The number of benzene rings is 1. The molecule has 1 saturated heterocycles.